The topological polar surface area (TPSA) is 165 Å². The molecule has 21 heavy (non-hydrogen) atoms. The van der Waals surface area contributed by atoms with Gasteiger partial charge in [-0.15, -0.1) is 0 Å². The lowest BCUT2D eigenvalue weighted by molar-refractivity contribution is -0.135. The van der Waals surface area contributed by atoms with Crippen molar-refractivity contribution in [2.24, 2.45) is 0 Å². The van der Waals surface area contributed by atoms with Crippen LogP contribution in [0.5, 0.6) is 0 Å². The summed E-state index contributed by atoms with van der Waals surface area (Å²) in [5.74, 6) is -6.64. The minimum Gasteiger partial charge on any atom is -0.480 e. The molecule has 4 N–H and O–H groups in total. The lowest BCUT2D eigenvalue weighted by Crippen LogP contribution is -2.29. The van der Waals surface area contributed by atoms with Gasteiger partial charge in [0.15, 0.2) is 5.69 Å². The van der Waals surface area contributed by atoms with Crippen molar-refractivity contribution in [3.8, 4) is 0 Å². The molecule has 10 heteroatoms. The molecule has 0 bridgehead atoms. The summed E-state index contributed by atoms with van der Waals surface area (Å²) < 4.78 is 0. The minimum atomic E-state index is -1.67. The number of anilines is 1. The van der Waals surface area contributed by atoms with Crippen molar-refractivity contribution >= 4 is 29.7 Å². The predicted octanol–water partition coefficient (Wildman–Crippen LogP) is -0.303. The van der Waals surface area contributed by atoms with E-state index in [9.17, 15) is 19.2 Å². The third-order valence-electron chi connectivity index (χ3n) is 2.40. The summed E-state index contributed by atoms with van der Waals surface area (Å²) >= 11 is 0. The van der Waals surface area contributed by atoms with Gasteiger partial charge in [-0.3, -0.25) is 4.79 Å². The molecule has 1 aromatic rings. The number of carbonyl (C=O) groups is 4. The predicted molar refractivity (Wildman–Crippen MR) is 66.0 cm³/mol. The molecule has 0 saturated carbocycles. The van der Waals surface area contributed by atoms with Gasteiger partial charge in [-0.2, -0.15) is 0 Å². The molecule has 112 valence electrons. The van der Waals surface area contributed by atoms with Gasteiger partial charge in [0.2, 0.25) is 0 Å². The third kappa shape index (κ3) is 3.43. The van der Waals surface area contributed by atoms with Gasteiger partial charge in [0.1, 0.15) is 17.9 Å². The maximum atomic E-state index is 11.1. The van der Waals surface area contributed by atoms with Crippen LogP contribution in [0.15, 0.2) is 6.07 Å². The molecule has 0 fully saturated rings. The van der Waals surface area contributed by atoms with Crippen molar-refractivity contribution in [2.45, 2.75) is 0 Å². The normalized spacial score (nSPS) is 9.95. The highest BCUT2D eigenvalue weighted by Crippen LogP contribution is 2.21. The molecular weight excluding hydrogens is 288 g/mol. The summed E-state index contributed by atoms with van der Waals surface area (Å²) in [6.07, 6.45) is 0. The Morgan fingerprint density at radius 2 is 1.52 bits per heavy atom. The average Bonchev–Trinajstić information content (AvgIpc) is 2.35. The van der Waals surface area contributed by atoms with E-state index in [0.29, 0.717) is 6.07 Å². The van der Waals surface area contributed by atoms with Gasteiger partial charge in [0.05, 0.1) is 5.56 Å². The number of hydrogen-bond acceptors (Lipinski definition) is 6. The summed E-state index contributed by atoms with van der Waals surface area (Å²) in [4.78, 5) is 48.1. The van der Waals surface area contributed by atoms with E-state index < -0.39 is 53.1 Å². The molecule has 0 aliphatic rings. The SMILES string of the molecule is CN(CC(=O)O)c1nc(C(=O)O)c(C(=O)O)cc1C(=O)O. The van der Waals surface area contributed by atoms with E-state index in [1.54, 1.807) is 0 Å². The van der Waals surface area contributed by atoms with Crippen LogP contribution in [0.1, 0.15) is 31.2 Å². The number of rotatable bonds is 6. The smallest absolute Gasteiger partial charge is 0.355 e. The van der Waals surface area contributed by atoms with E-state index in [-0.39, 0.29) is 0 Å². The van der Waals surface area contributed by atoms with Gasteiger partial charge in [-0.1, -0.05) is 0 Å². The number of aromatic nitrogens is 1. The molecule has 0 aliphatic carbocycles. The zero-order valence-electron chi connectivity index (χ0n) is 10.6. The maximum Gasteiger partial charge on any atom is 0.355 e. The van der Waals surface area contributed by atoms with Gasteiger partial charge in [-0.25, -0.2) is 19.4 Å². The van der Waals surface area contributed by atoms with E-state index in [1.807, 2.05) is 0 Å². The molecule has 1 aromatic heterocycles. The Balaban J connectivity index is 3.58. The Bertz CT molecular complexity index is 639. The zero-order chi connectivity index (χ0) is 16.3. The Kier molecular flexibility index (Phi) is 4.43. The van der Waals surface area contributed by atoms with Crippen molar-refractivity contribution in [1.82, 2.24) is 4.98 Å². The number of pyridine rings is 1. The second-order valence-corrected chi connectivity index (χ2v) is 3.92. The van der Waals surface area contributed by atoms with E-state index >= 15 is 0 Å². The van der Waals surface area contributed by atoms with Crippen LogP contribution in [0.25, 0.3) is 0 Å². The maximum absolute atomic E-state index is 11.1. The summed E-state index contributed by atoms with van der Waals surface area (Å²) in [7, 11) is 1.19. The number of carboxylic acids is 4. The van der Waals surface area contributed by atoms with E-state index in [4.69, 9.17) is 20.4 Å². The van der Waals surface area contributed by atoms with Crippen LogP contribution >= 0.6 is 0 Å². The number of aromatic carboxylic acids is 3. The highest BCUT2D eigenvalue weighted by Gasteiger charge is 2.26. The summed E-state index contributed by atoms with van der Waals surface area (Å²) in [5.41, 5.74) is -2.28. The van der Waals surface area contributed by atoms with Crippen molar-refractivity contribution in [2.75, 3.05) is 18.5 Å². The van der Waals surface area contributed by atoms with Crippen molar-refractivity contribution in [3.63, 3.8) is 0 Å². The van der Waals surface area contributed by atoms with Crippen LogP contribution in [0, 0.1) is 0 Å². The molecule has 0 radical (unpaired) electrons. The van der Waals surface area contributed by atoms with Gasteiger partial charge in [0, 0.05) is 7.05 Å². The Morgan fingerprint density at radius 3 is 1.90 bits per heavy atom. The number of likely N-dealkylation sites (N-methyl/N-ethyl adjacent to an activating group) is 1. The molecular formula is C11H10N2O8. The Hall–Kier alpha value is -3.17. The minimum absolute atomic E-state index is 0.452. The van der Waals surface area contributed by atoms with Crippen molar-refractivity contribution < 1.29 is 39.6 Å². The monoisotopic (exact) mass is 298 g/mol. The average molecular weight is 298 g/mol. The molecule has 1 rings (SSSR count). The lowest BCUT2D eigenvalue weighted by Gasteiger charge is -2.18. The molecule has 0 unspecified atom stereocenters. The lowest BCUT2D eigenvalue weighted by atomic mass is 10.1. The number of hydrogen-bond donors (Lipinski definition) is 4. The van der Waals surface area contributed by atoms with Crippen LogP contribution in [0.4, 0.5) is 5.82 Å². The van der Waals surface area contributed by atoms with Gasteiger partial charge < -0.3 is 25.3 Å². The van der Waals surface area contributed by atoms with E-state index in [1.165, 1.54) is 7.05 Å². The summed E-state index contributed by atoms with van der Waals surface area (Å²) in [6, 6.07) is 0.634. The second-order valence-electron chi connectivity index (χ2n) is 3.92. The second kappa shape index (κ2) is 5.86. The fourth-order valence-electron chi connectivity index (χ4n) is 1.56. The first-order valence-corrected chi connectivity index (χ1v) is 5.33. The number of nitrogens with zero attached hydrogens (tertiary/aromatic N) is 2. The molecule has 0 amide bonds. The first-order valence-electron chi connectivity index (χ1n) is 5.33. The molecule has 10 nitrogen and oxygen atoms in total. The quantitative estimate of drug-likeness (QED) is 0.547. The summed E-state index contributed by atoms with van der Waals surface area (Å²) in [5, 5.41) is 35.5. The fourth-order valence-corrected chi connectivity index (χ4v) is 1.56. The van der Waals surface area contributed by atoms with Gasteiger partial charge in [0.25, 0.3) is 0 Å². The third-order valence-corrected chi connectivity index (χ3v) is 2.40. The molecule has 0 aliphatic heterocycles. The standard InChI is InChI=1S/C11H10N2O8/c1-13(3-6(14)15)8-5(10(18)19)2-4(9(16)17)7(12-8)11(20)21/h2H,3H2,1H3,(H,14,15)(H,16,17)(H,18,19)(H,20,21). The molecule has 0 aromatic carbocycles. The van der Waals surface area contributed by atoms with Crippen molar-refractivity contribution in [1.29, 1.82) is 0 Å². The highest BCUT2D eigenvalue weighted by atomic mass is 16.4. The van der Waals surface area contributed by atoms with E-state index in [0.717, 1.165) is 4.90 Å². The van der Waals surface area contributed by atoms with Crippen LogP contribution < -0.4 is 4.90 Å². The highest BCUT2D eigenvalue weighted by molar-refractivity contribution is 6.04. The summed E-state index contributed by atoms with van der Waals surface area (Å²) in [6.45, 7) is -0.640. The van der Waals surface area contributed by atoms with Gasteiger partial charge in [-0.05, 0) is 6.07 Å². The largest absolute Gasteiger partial charge is 0.480 e. The first-order chi connectivity index (χ1) is 9.65. The fraction of sp³-hybridized carbons (Fsp3) is 0.182. The van der Waals surface area contributed by atoms with Gasteiger partial charge >= 0.3 is 23.9 Å². The van der Waals surface area contributed by atoms with Crippen molar-refractivity contribution in [3.05, 3.63) is 22.9 Å². The molecule has 1 heterocycles. The van der Waals surface area contributed by atoms with Crippen LogP contribution in [-0.4, -0.2) is 62.9 Å². The first kappa shape index (κ1) is 15.9. The Labute approximate surface area is 116 Å². The van der Waals surface area contributed by atoms with Crippen LogP contribution in [-0.2, 0) is 4.79 Å². The van der Waals surface area contributed by atoms with Crippen LogP contribution in [0.2, 0.25) is 0 Å². The zero-order valence-corrected chi connectivity index (χ0v) is 10.6. The molecule has 0 atom stereocenters. The number of carboxylic acid groups (broad SMARTS) is 4. The molecule has 0 spiro atoms. The molecule has 0 saturated heterocycles. The Morgan fingerprint density at radius 1 is 1.00 bits per heavy atom. The van der Waals surface area contributed by atoms with Crippen LogP contribution in [0.3, 0.4) is 0 Å². The number of aliphatic carboxylic acids is 1. The van der Waals surface area contributed by atoms with E-state index in [2.05, 4.69) is 4.98 Å².